The Hall–Kier alpha value is -2.00. The third-order valence-corrected chi connectivity index (χ3v) is 4.55. The standard InChI is InChI=1S/C19H20ClNO2/c1-13-6-8-16(11-18(13)20)21-19(22)12-23-17-9-7-14-4-2-3-5-15(14)10-17/h6-11H,2-5,12H2,1H3,(H,21,22). The fourth-order valence-electron chi connectivity index (χ4n) is 2.82. The SMILES string of the molecule is Cc1ccc(NC(=O)COc2ccc3c(c2)CCCC3)cc1Cl. The number of nitrogens with one attached hydrogen (secondary N) is 1. The van der Waals surface area contributed by atoms with Crippen molar-refractivity contribution in [1.29, 1.82) is 0 Å². The fourth-order valence-corrected chi connectivity index (χ4v) is 3.00. The molecule has 0 radical (unpaired) electrons. The van der Waals surface area contributed by atoms with E-state index in [1.165, 1.54) is 24.0 Å². The summed E-state index contributed by atoms with van der Waals surface area (Å²) in [6, 6.07) is 11.6. The fraction of sp³-hybridized carbons (Fsp3) is 0.316. The van der Waals surface area contributed by atoms with E-state index in [0.717, 1.165) is 24.2 Å². The van der Waals surface area contributed by atoms with Crippen molar-refractivity contribution in [1.82, 2.24) is 0 Å². The molecule has 2 aromatic rings. The van der Waals surface area contributed by atoms with Gasteiger partial charge in [-0.1, -0.05) is 23.7 Å². The molecule has 0 saturated carbocycles. The number of hydrogen-bond donors (Lipinski definition) is 1. The van der Waals surface area contributed by atoms with Crippen LogP contribution in [-0.2, 0) is 17.6 Å². The van der Waals surface area contributed by atoms with Crippen molar-refractivity contribution in [2.24, 2.45) is 0 Å². The normalized spacial score (nSPS) is 13.3. The molecule has 0 bridgehead atoms. The summed E-state index contributed by atoms with van der Waals surface area (Å²) < 4.78 is 5.62. The first kappa shape index (κ1) is 15.9. The van der Waals surface area contributed by atoms with Crippen LogP contribution >= 0.6 is 11.6 Å². The molecular formula is C19H20ClNO2. The molecule has 4 heteroatoms. The van der Waals surface area contributed by atoms with E-state index >= 15 is 0 Å². The molecule has 1 aliphatic carbocycles. The zero-order chi connectivity index (χ0) is 16.2. The van der Waals surface area contributed by atoms with Crippen LogP contribution in [0.2, 0.25) is 5.02 Å². The van der Waals surface area contributed by atoms with Gasteiger partial charge < -0.3 is 10.1 Å². The van der Waals surface area contributed by atoms with E-state index in [9.17, 15) is 4.79 Å². The van der Waals surface area contributed by atoms with E-state index in [4.69, 9.17) is 16.3 Å². The predicted octanol–water partition coefficient (Wildman–Crippen LogP) is 4.54. The maximum Gasteiger partial charge on any atom is 0.262 e. The summed E-state index contributed by atoms with van der Waals surface area (Å²) in [5.41, 5.74) is 4.41. The molecule has 1 N–H and O–H groups in total. The lowest BCUT2D eigenvalue weighted by Gasteiger charge is -2.16. The molecule has 0 heterocycles. The molecular weight excluding hydrogens is 310 g/mol. The number of aryl methyl sites for hydroxylation is 3. The quantitative estimate of drug-likeness (QED) is 0.894. The Balaban J connectivity index is 1.57. The number of fused-ring (bicyclic) bond motifs is 1. The highest BCUT2D eigenvalue weighted by atomic mass is 35.5. The molecule has 0 fully saturated rings. The Morgan fingerprint density at radius 2 is 1.91 bits per heavy atom. The van der Waals surface area contributed by atoms with Gasteiger partial charge in [0, 0.05) is 10.7 Å². The van der Waals surface area contributed by atoms with Crippen LogP contribution in [0.4, 0.5) is 5.69 Å². The van der Waals surface area contributed by atoms with Gasteiger partial charge in [0.05, 0.1) is 0 Å². The second kappa shape index (κ2) is 7.05. The number of rotatable bonds is 4. The van der Waals surface area contributed by atoms with Crippen molar-refractivity contribution in [2.75, 3.05) is 11.9 Å². The number of halogens is 1. The number of amides is 1. The topological polar surface area (TPSA) is 38.3 Å². The molecule has 0 atom stereocenters. The molecule has 0 saturated heterocycles. The molecule has 1 aliphatic rings. The molecule has 1 amide bonds. The van der Waals surface area contributed by atoms with Crippen LogP contribution in [0, 0.1) is 6.92 Å². The molecule has 2 aromatic carbocycles. The lowest BCUT2D eigenvalue weighted by Crippen LogP contribution is -2.20. The largest absolute Gasteiger partial charge is 0.484 e. The van der Waals surface area contributed by atoms with Gasteiger partial charge in [-0.15, -0.1) is 0 Å². The van der Waals surface area contributed by atoms with Crippen molar-refractivity contribution in [3.8, 4) is 5.75 Å². The smallest absolute Gasteiger partial charge is 0.262 e. The van der Waals surface area contributed by atoms with Gasteiger partial charge in [-0.2, -0.15) is 0 Å². The average Bonchev–Trinajstić information content (AvgIpc) is 2.56. The second-order valence-corrected chi connectivity index (χ2v) is 6.35. The molecule has 0 unspecified atom stereocenters. The first-order valence-corrected chi connectivity index (χ1v) is 8.30. The van der Waals surface area contributed by atoms with E-state index in [1.54, 1.807) is 6.07 Å². The highest BCUT2D eigenvalue weighted by Crippen LogP contribution is 2.25. The third-order valence-electron chi connectivity index (χ3n) is 4.15. The van der Waals surface area contributed by atoms with Gasteiger partial charge in [0.15, 0.2) is 6.61 Å². The second-order valence-electron chi connectivity index (χ2n) is 5.94. The number of carbonyl (C=O) groups excluding carboxylic acids is 1. The summed E-state index contributed by atoms with van der Waals surface area (Å²) >= 11 is 6.06. The molecule has 0 aromatic heterocycles. The van der Waals surface area contributed by atoms with Crippen LogP contribution in [0.25, 0.3) is 0 Å². The Labute approximate surface area is 141 Å². The zero-order valence-electron chi connectivity index (χ0n) is 13.2. The molecule has 23 heavy (non-hydrogen) atoms. The van der Waals surface area contributed by atoms with Crippen molar-refractivity contribution in [2.45, 2.75) is 32.6 Å². The first-order valence-electron chi connectivity index (χ1n) is 7.92. The summed E-state index contributed by atoms with van der Waals surface area (Å²) in [5, 5.41) is 3.43. The third kappa shape index (κ3) is 4.05. The van der Waals surface area contributed by atoms with Crippen molar-refractivity contribution < 1.29 is 9.53 Å². The van der Waals surface area contributed by atoms with E-state index in [2.05, 4.69) is 17.4 Å². The Morgan fingerprint density at radius 3 is 2.70 bits per heavy atom. The lowest BCUT2D eigenvalue weighted by atomic mass is 9.92. The minimum atomic E-state index is -0.192. The summed E-state index contributed by atoms with van der Waals surface area (Å²) in [6.07, 6.45) is 4.73. The monoisotopic (exact) mass is 329 g/mol. The van der Waals surface area contributed by atoms with E-state index in [1.807, 2.05) is 25.1 Å². The van der Waals surface area contributed by atoms with Crippen LogP contribution in [0.5, 0.6) is 5.75 Å². The van der Waals surface area contributed by atoms with Gasteiger partial charge in [0.1, 0.15) is 5.75 Å². The summed E-state index contributed by atoms with van der Waals surface area (Å²) in [4.78, 5) is 12.0. The van der Waals surface area contributed by atoms with E-state index in [0.29, 0.717) is 10.7 Å². The average molecular weight is 330 g/mol. The highest BCUT2D eigenvalue weighted by molar-refractivity contribution is 6.31. The van der Waals surface area contributed by atoms with Crippen molar-refractivity contribution >= 4 is 23.2 Å². The van der Waals surface area contributed by atoms with Crippen LogP contribution in [0.3, 0.4) is 0 Å². The summed E-state index contributed by atoms with van der Waals surface area (Å²) in [7, 11) is 0. The van der Waals surface area contributed by atoms with Gasteiger partial charge in [0.2, 0.25) is 0 Å². The first-order chi connectivity index (χ1) is 11.1. The van der Waals surface area contributed by atoms with Crippen LogP contribution in [0.15, 0.2) is 36.4 Å². The predicted molar refractivity (Wildman–Crippen MR) is 93.4 cm³/mol. The number of ether oxygens (including phenoxy) is 1. The van der Waals surface area contributed by atoms with Crippen LogP contribution in [0.1, 0.15) is 29.5 Å². The maximum absolute atomic E-state index is 12.0. The van der Waals surface area contributed by atoms with Gasteiger partial charge in [0.25, 0.3) is 5.91 Å². The van der Waals surface area contributed by atoms with Crippen LogP contribution < -0.4 is 10.1 Å². The summed E-state index contributed by atoms with van der Waals surface area (Å²) in [5.74, 6) is 0.561. The van der Waals surface area contributed by atoms with Crippen LogP contribution in [-0.4, -0.2) is 12.5 Å². The zero-order valence-corrected chi connectivity index (χ0v) is 14.0. The maximum atomic E-state index is 12.0. The molecule has 0 spiro atoms. The Kier molecular flexibility index (Phi) is 4.87. The minimum Gasteiger partial charge on any atom is -0.484 e. The van der Waals surface area contributed by atoms with Gasteiger partial charge >= 0.3 is 0 Å². The molecule has 3 rings (SSSR count). The molecule has 0 aliphatic heterocycles. The lowest BCUT2D eigenvalue weighted by molar-refractivity contribution is -0.118. The van der Waals surface area contributed by atoms with Gasteiger partial charge in [-0.25, -0.2) is 0 Å². The van der Waals surface area contributed by atoms with Crippen molar-refractivity contribution in [3.05, 3.63) is 58.1 Å². The number of hydrogen-bond acceptors (Lipinski definition) is 2. The highest BCUT2D eigenvalue weighted by Gasteiger charge is 2.11. The number of anilines is 1. The Bertz CT molecular complexity index is 727. The number of carbonyl (C=O) groups is 1. The van der Waals surface area contributed by atoms with Gasteiger partial charge in [-0.3, -0.25) is 4.79 Å². The Morgan fingerprint density at radius 1 is 1.13 bits per heavy atom. The van der Waals surface area contributed by atoms with Crippen molar-refractivity contribution in [3.63, 3.8) is 0 Å². The summed E-state index contributed by atoms with van der Waals surface area (Å²) in [6.45, 7) is 1.91. The minimum absolute atomic E-state index is 0.00964. The number of benzene rings is 2. The molecule has 120 valence electrons. The van der Waals surface area contributed by atoms with E-state index in [-0.39, 0.29) is 12.5 Å². The van der Waals surface area contributed by atoms with Gasteiger partial charge in [-0.05, 0) is 73.6 Å². The van der Waals surface area contributed by atoms with E-state index < -0.39 is 0 Å². The molecule has 3 nitrogen and oxygen atoms in total.